The first-order valence-corrected chi connectivity index (χ1v) is 11.1. The molecular formula is C23H34N2O5. The number of aryl methyl sites for hydroxylation is 1. The van der Waals surface area contributed by atoms with Crippen LogP contribution in [-0.2, 0) is 25.5 Å². The van der Waals surface area contributed by atoms with Crippen LogP contribution in [0.4, 0.5) is 0 Å². The standard InChI is InChI=1S/C17H22N2O4.C6H12O/c20-13-16(21)19-10-3-1-8-15(19)17(22)23-11-4-2-6-14-7-5-9-18-12-14;7-6-4-2-1-3-5-6/h5,7,9,12-13,15H,1-4,6,8,10-11H2;6-7H,1-5H2. The molecule has 1 aliphatic carbocycles. The van der Waals surface area contributed by atoms with E-state index in [2.05, 4.69) is 4.98 Å². The van der Waals surface area contributed by atoms with Gasteiger partial charge in [0.25, 0.3) is 5.91 Å². The van der Waals surface area contributed by atoms with Crippen molar-refractivity contribution in [2.75, 3.05) is 13.2 Å². The van der Waals surface area contributed by atoms with E-state index in [0.29, 0.717) is 19.6 Å². The highest BCUT2D eigenvalue weighted by molar-refractivity contribution is 6.24. The Hall–Kier alpha value is -2.28. The summed E-state index contributed by atoms with van der Waals surface area (Å²) in [5.41, 5.74) is 1.16. The maximum Gasteiger partial charge on any atom is 0.328 e. The molecule has 1 saturated heterocycles. The Kier molecular flexibility index (Phi) is 11.1. The number of rotatable bonds is 7. The number of piperidine rings is 1. The van der Waals surface area contributed by atoms with E-state index >= 15 is 0 Å². The minimum absolute atomic E-state index is 0.0359. The molecule has 7 heteroatoms. The zero-order valence-corrected chi connectivity index (χ0v) is 17.7. The normalized spacial score (nSPS) is 19.4. The molecule has 0 spiro atoms. The number of unbranched alkanes of at least 4 members (excludes halogenated alkanes) is 1. The van der Waals surface area contributed by atoms with Crippen LogP contribution >= 0.6 is 0 Å². The Labute approximate surface area is 178 Å². The molecule has 2 fully saturated rings. The summed E-state index contributed by atoms with van der Waals surface area (Å²) in [6.45, 7) is 0.775. The first-order valence-electron chi connectivity index (χ1n) is 11.1. The summed E-state index contributed by atoms with van der Waals surface area (Å²) in [7, 11) is 0. The first-order chi connectivity index (χ1) is 14.6. The van der Waals surface area contributed by atoms with Crippen molar-refractivity contribution < 1.29 is 24.2 Å². The monoisotopic (exact) mass is 418 g/mol. The van der Waals surface area contributed by atoms with Crippen LogP contribution in [0.3, 0.4) is 0 Å². The molecule has 1 aromatic heterocycles. The fourth-order valence-electron chi connectivity index (χ4n) is 3.84. The molecule has 2 heterocycles. The van der Waals surface area contributed by atoms with E-state index in [1.54, 1.807) is 6.20 Å². The van der Waals surface area contributed by atoms with Crippen molar-refractivity contribution in [3.63, 3.8) is 0 Å². The van der Waals surface area contributed by atoms with Gasteiger partial charge in [0.1, 0.15) is 6.04 Å². The Morgan fingerprint density at radius 2 is 1.90 bits per heavy atom. The number of aliphatic hydroxyl groups excluding tert-OH is 1. The lowest BCUT2D eigenvalue weighted by atomic mass is 9.98. The Morgan fingerprint density at radius 3 is 2.53 bits per heavy atom. The fraction of sp³-hybridized carbons (Fsp3) is 0.652. The number of carbonyl (C=O) groups is 3. The lowest BCUT2D eigenvalue weighted by molar-refractivity contribution is -0.157. The average molecular weight is 419 g/mol. The van der Waals surface area contributed by atoms with Crippen LogP contribution in [0.2, 0.25) is 0 Å². The number of aliphatic hydroxyl groups is 1. The summed E-state index contributed by atoms with van der Waals surface area (Å²) in [6, 6.07) is 3.31. The number of esters is 1. The fourth-order valence-corrected chi connectivity index (χ4v) is 3.84. The minimum atomic E-state index is -0.636. The van der Waals surface area contributed by atoms with E-state index in [1.165, 1.54) is 24.2 Å². The number of amides is 1. The number of pyridine rings is 1. The molecule has 1 N–H and O–H groups in total. The summed E-state index contributed by atoms with van der Waals surface area (Å²) in [4.78, 5) is 39.7. The van der Waals surface area contributed by atoms with E-state index in [-0.39, 0.29) is 12.4 Å². The van der Waals surface area contributed by atoms with Crippen molar-refractivity contribution in [3.8, 4) is 0 Å². The molecule has 1 aromatic rings. The van der Waals surface area contributed by atoms with Gasteiger partial charge in [-0.25, -0.2) is 4.79 Å². The Bertz CT molecular complexity index is 646. The predicted octanol–water partition coefficient (Wildman–Crippen LogP) is 2.84. The summed E-state index contributed by atoms with van der Waals surface area (Å²) < 4.78 is 5.28. The molecule has 1 saturated carbocycles. The van der Waals surface area contributed by atoms with Crippen molar-refractivity contribution >= 4 is 18.2 Å². The lowest BCUT2D eigenvalue weighted by Crippen LogP contribution is -2.49. The van der Waals surface area contributed by atoms with E-state index in [1.807, 2.05) is 18.3 Å². The predicted molar refractivity (Wildman–Crippen MR) is 113 cm³/mol. The number of aromatic nitrogens is 1. The largest absolute Gasteiger partial charge is 0.464 e. The summed E-state index contributed by atoms with van der Waals surface area (Å²) in [5.74, 6) is -1.04. The molecule has 0 aromatic carbocycles. The van der Waals surface area contributed by atoms with Gasteiger partial charge in [-0.2, -0.15) is 0 Å². The van der Waals surface area contributed by atoms with E-state index in [0.717, 1.165) is 50.5 Å². The molecule has 1 amide bonds. The molecule has 3 rings (SSSR count). The molecule has 1 unspecified atom stereocenters. The third-order valence-corrected chi connectivity index (χ3v) is 5.56. The molecule has 30 heavy (non-hydrogen) atoms. The Balaban J connectivity index is 0.000000386. The van der Waals surface area contributed by atoms with Gasteiger partial charge in [-0.3, -0.25) is 14.6 Å². The smallest absolute Gasteiger partial charge is 0.328 e. The SMILES string of the molecule is O=CC(=O)N1CCCCC1C(=O)OCCCCc1cccnc1.OC1CCCCC1. The van der Waals surface area contributed by atoms with Crippen LogP contribution in [0, 0.1) is 0 Å². The molecule has 2 aliphatic rings. The molecule has 7 nitrogen and oxygen atoms in total. The summed E-state index contributed by atoms with van der Waals surface area (Å²) in [6.07, 6.45) is 14.6. The quantitative estimate of drug-likeness (QED) is 0.317. The highest BCUT2D eigenvalue weighted by Crippen LogP contribution is 2.18. The number of nitrogens with zero attached hydrogens (tertiary/aromatic N) is 2. The lowest BCUT2D eigenvalue weighted by Gasteiger charge is -2.32. The summed E-state index contributed by atoms with van der Waals surface area (Å²) in [5, 5.41) is 8.91. The van der Waals surface area contributed by atoms with Gasteiger partial charge >= 0.3 is 5.97 Å². The van der Waals surface area contributed by atoms with Gasteiger partial charge in [0.05, 0.1) is 12.7 Å². The van der Waals surface area contributed by atoms with Crippen molar-refractivity contribution in [2.24, 2.45) is 0 Å². The van der Waals surface area contributed by atoms with Gasteiger partial charge in [0.2, 0.25) is 6.29 Å². The third-order valence-electron chi connectivity index (χ3n) is 5.56. The van der Waals surface area contributed by atoms with Crippen LogP contribution in [0.1, 0.15) is 69.8 Å². The highest BCUT2D eigenvalue weighted by Gasteiger charge is 2.32. The average Bonchev–Trinajstić information content (AvgIpc) is 2.80. The van der Waals surface area contributed by atoms with E-state index in [4.69, 9.17) is 9.84 Å². The molecular weight excluding hydrogens is 384 g/mol. The minimum Gasteiger partial charge on any atom is -0.464 e. The van der Waals surface area contributed by atoms with Crippen LogP contribution in [0.5, 0.6) is 0 Å². The van der Waals surface area contributed by atoms with Gasteiger partial charge < -0.3 is 14.7 Å². The van der Waals surface area contributed by atoms with Crippen molar-refractivity contribution in [1.82, 2.24) is 9.88 Å². The van der Waals surface area contributed by atoms with Crippen molar-refractivity contribution in [3.05, 3.63) is 30.1 Å². The van der Waals surface area contributed by atoms with Gasteiger partial charge in [0, 0.05) is 18.9 Å². The van der Waals surface area contributed by atoms with Gasteiger partial charge in [-0.15, -0.1) is 0 Å². The van der Waals surface area contributed by atoms with Crippen LogP contribution in [-0.4, -0.2) is 58.5 Å². The maximum absolute atomic E-state index is 12.1. The number of aldehydes is 1. The first kappa shape index (κ1) is 24.0. The molecule has 1 atom stereocenters. The van der Waals surface area contributed by atoms with Crippen LogP contribution in [0.25, 0.3) is 0 Å². The number of ether oxygens (including phenoxy) is 1. The van der Waals surface area contributed by atoms with Crippen molar-refractivity contribution in [1.29, 1.82) is 0 Å². The van der Waals surface area contributed by atoms with E-state index in [9.17, 15) is 14.4 Å². The molecule has 1 aliphatic heterocycles. The van der Waals surface area contributed by atoms with Crippen LogP contribution < -0.4 is 0 Å². The van der Waals surface area contributed by atoms with E-state index < -0.39 is 17.9 Å². The number of carbonyl (C=O) groups excluding carboxylic acids is 3. The Morgan fingerprint density at radius 1 is 1.13 bits per heavy atom. The number of likely N-dealkylation sites (tertiary alicyclic amines) is 1. The molecule has 0 bridgehead atoms. The second-order valence-electron chi connectivity index (χ2n) is 7.94. The zero-order chi connectivity index (χ0) is 21.6. The summed E-state index contributed by atoms with van der Waals surface area (Å²) >= 11 is 0. The highest BCUT2D eigenvalue weighted by atomic mass is 16.5. The topological polar surface area (TPSA) is 96.8 Å². The van der Waals surface area contributed by atoms with Gasteiger partial charge in [0.15, 0.2) is 0 Å². The second kappa shape index (κ2) is 13.9. The van der Waals surface area contributed by atoms with Gasteiger partial charge in [-0.05, 0) is 63.0 Å². The van der Waals surface area contributed by atoms with Crippen molar-refractivity contribution in [2.45, 2.75) is 82.8 Å². The zero-order valence-electron chi connectivity index (χ0n) is 17.7. The number of hydrogen-bond acceptors (Lipinski definition) is 6. The molecule has 166 valence electrons. The maximum atomic E-state index is 12.1. The van der Waals surface area contributed by atoms with Crippen LogP contribution in [0.15, 0.2) is 24.5 Å². The number of hydrogen-bond donors (Lipinski definition) is 1. The van der Waals surface area contributed by atoms with Gasteiger partial charge in [-0.1, -0.05) is 25.3 Å². The third kappa shape index (κ3) is 8.61. The molecule has 0 radical (unpaired) electrons. The second-order valence-corrected chi connectivity index (χ2v) is 7.94.